The van der Waals surface area contributed by atoms with Gasteiger partial charge in [0.15, 0.2) is 0 Å². The summed E-state index contributed by atoms with van der Waals surface area (Å²) in [5, 5.41) is 2.72. The van der Waals surface area contributed by atoms with E-state index in [1.807, 2.05) is 6.92 Å². The number of sulfonamides is 1. The Morgan fingerprint density at radius 3 is 2.52 bits per heavy atom. The van der Waals surface area contributed by atoms with Gasteiger partial charge in [-0.15, -0.1) is 0 Å². The van der Waals surface area contributed by atoms with Crippen LogP contribution >= 0.6 is 23.2 Å². The summed E-state index contributed by atoms with van der Waals surface area (Å²) in [4.78, 5) is 11.4. The van der Waals surface area contributed by atoms with Gasteiger partial charge < -0.3 is 11.1 Å². The van der Waals surface area contributed by atoms with E-state index in [1.165, 1.54) is 19.1 Å². The van der Waals surface area contributed by atoms with Crippen LogP contribution in [-0.2, 0) is 14.8 Å². The lowest BCUT2D eigenvalue weighted by Gasteiger charge is -2.16. The standard InChI is InChI=1S/C12H17Cl2N3O3S/c1-3-4-16-12(18)7(2)17-21(19,20)11-9(14)5-8(13)6-10(11)15/h5-7,17H,3-4,15H2,1-2H3,(H,16,18). The molecule has 1 unspecified atom stereocenters. The van der Waals surface area contributed by atoms with Crippen LogP contribution in [0.25, 0.3) is 0 Å². The highest BCUT2D eigenvalue weighted by Crippen LogP contribution is 2.31. The number of hydrogen-bond acceptors (Lipinski definition) is 4. The molecule has 1 aromatic carbocycles. The zero-order valence-electron chi connectivity index (χ0n) is 11.6. The van der Waals surface area contributed by atoms with Crippen molar-refractivity contribution < 1.29 is 13.2 Å². The maximum atomic E-state index is 12.3. The number of benzene rings is 1. The molecule has 1 amide bonds. The van der Waals surface area contributed by atoms with Gasteiger partial charge in [-0.1, -0.05) is 30.1 Å². The van der Waals surface area contributed by atoms with Gasteiger partial charge in [0.2, 0.25) is 15.9 Å². The lowest BCUT2D eigenvalue weighted by Crippen LogP contribution is -2.45. The molecular weight excluding hydrogens is 337 g/mol. The number of anilines is 1. The number of nitrogens with two attached hydrogens (primary N) is 1. The van der Waals surface area contributed by atoms with Crippen molar-refractivity contribution in [1.82, 2.24) is 10.0 Å². The lowest BCUT2D eigenvalue weighted by molar-refractivity contribution is -0.122. The second kappa shape index (κ2) is 7.31. The van der Waals surface area contributed by atoms with Gasteiger partial charge in [0.1, 0.15) is 4.90 Å². The van der Waals surface area contributed by atoms with Gasteiger partial charge in [-0.25, -0.2) is 8.42 Å². The van der Waals surface area contributed by atoms with Crippen molar-refractivity contribution in [2.24, 2.45) is 0 Å². The molecule has 118 valence electrons. The maximum Gasteiger partial charge on any atom is 0.244 e. The smallest absolute Gasteiger partial charge is 0.244 e. The molecule has 0 aliphatic rings. The van der Waals surface area contributed by atoms with Gasteiger partial charge in [0.25, 0.3) is 0 Å². The third kappa shape index (κ3) is 4.74. The molecule has 21 heavy (non-hydrogen) atoms. The molecule has 1 atom stereocenters. The largest absolute Gasteiger partial charge is 0.398 e. The Kier molecular flexibility index (Phi) is 6.27. The highest BCUT2D eigenvalue weighted by atomic mass is 35.5. The van der Waals surface area contributed by atoms with Gasteiger partial charge in [0.05, 0.1) is 16.8 Å². The summed E-state index contributed by atoms with van der Waals surface area (Å²) in [7, 11) is -4.03. The van der Waals surface area contributed by atoms with Crippen molar-refractivity contribution in [2.45, 2.75) is 31.2 Å². The van der Waals surface area contributed by atoms with E-state index in [0.29, 0.717) is 6.54 Å². The van der Waals surface area contributed by atoms with Crippen LogP contribution in [0.1, 0.15) is 20.3 Å². The number of carbonyl (C=O) groups is 1. The molecule has 0 saturated carbocycles. The fourth-order valence-corrected chi connectivity index (χ4v) is 3.80. The van der Waals surface area contributed by atoms with Crippen molar-refractivity contribution in [2.75, 3.05) is 12.3 Å². The fraction of sp³-hybridized carbons (Fsp3) is 0.417. The topological polar surface area (TPSA) is 101 Å². The van der Waals surface area contributed by atoms with Crippen LogP contribution in [-0.4, -0.2) is 26.9 Å². The molecule has 0 heterocycles. The summed E-state index contributed by atoms with van der Waals surface area (Å²) in [6, 6.07) is 1.60. The van der Waals surface area contributed by atoms with E-state index >= 15 is 0 Å². The van der Waals surface area contributed by atoms with Gasteiger partial charge in [-0.2, -0.15) is 4.72 Å². The summed E-state index contributed by atoms with van der Waals surface area (Å²) in [6.45, 7) is 3.79. The molecule has 0 bridgehead atoms. The first-order valence-corrected chi connectivity index (χ1v) is 8.47. The minimum atomic E-state index is -4.03. The number of hydrogen-bond donors (Lipinski definition) is 3. The highest BCUT2D eigenvalue weighted by Gasteiger charge is 2.26. The van der Waals surface area contributed by atoms with Crippen LogP contribution in [0.5, 0.6) is 0 Å². The molecule has 0 radical (unpaired) electrons. The van der Waals surface area contributed by atoms with Gasteiger partial charge in [-0.05, 0) is 25.5 Å². The van der Waals surface area contributed by atoms with E-state index in [9.17, 15) is 13.2 Å². The maximum absolute atomic E-state index is 12.3. The Morgan fingerprint density at radius 1 is 1.38 bits per heavy atom. The van der Waals surface area contributed by atoms with E-state index in [1.54, 1.807) is 0 Å². The van der Waals surface area contributed by atoms with E-state index in [0.717, 1.165) is 6.42 Å². The third-order valence-corrected chi connectivity index (χ3v) is 4.87. The summed E-state index contributed by atoms with van der Waals surface area (Å²) in [6.07, 6.45) is 0.751. The molecule has 1 aromatic rings. The molecule has 0 spiro atoms. The van der Waals surface area contributed by atoms with E-state index in [-0.39, 0.29) is 20.6 Å². The number of halogens is 2. The summed E-state index contributed by atoms with van der Waals surface area (Å²) in [5.41, 5.74) is 5.57. The average molecular weight is 354 g/mol. The quantitative estimate of drug-likeness (QED) is 0.678. The van der Waals surface area contributed by atoms with Gasteiger partial charge in [-0.3, -0.25) is 4.79 Å². The minimum absolute atomic E-state index is 0.0823. The van der Waals surface area contributed by atoms with Crippen LogP contribution in [0.3, 0.4) is 0 Å². The summed E-state index contributed by atoms with van der Waals surface area (Å²) in [5.74, 6) is -0.427. The predicted octanol–water partition coefficient (Wildman–Crippen LogP) is 1.77. The first-order chi connectivity index (χ1) is 9.69. The molecule has 4 N–H and O–H groups in total. The normalized spacial score (nSPS) is 13.0. The number of nitrogen functional groups attached to an aromatic ring is 1. The van der Waals surface area contributed by atoms with Crippen LogP contribution in [0.15, 0.2) is 17.0 Å². The molecular formula is C12H17Cl2N3O3S. The molecule has 0 aromatic heterocycles. The molecule has 1 rings (SSSR count). The van der Waals surface area contributed by atoms with Crippen molar-refractivity contribution in [3.63, 3.8) is 0 Å². The zero-order valence-corrected chi connectivity index (χ0v) is 13.9. The fourth-order valence-electron chi connectivity index (χ4n) is 1.61. The van der Waals surface area contributed by atoms with Crippen molar-refractivity contribution in [1.29, 1.82) is 0 Å². The number of rotatable bonds is 6. The Labute approximate surface area is 134 Å². The third-order valence-electron chi connectivity index (χ3n) is 2.58. The Balaban J connectivity index is 3.00. The average Bonchev–Trinajstić information content (AvgIpc) is 2.33. The van der Waals surface area contributed by atoms with Crippen molar-refractivity contribution >= 4 is 44.8 Å². The monoisotopic (exact) mass is 353 g/mol. The molecule has 9 heteroatoms. The predicted molar refractivity (Wildman–Crippen MR) is 84.0 cm³/mol. The van der Waals surface area contributed by atoms with Gasteiger partial charge in [0, 0.05) is 11.6 Å². The van der Waals surface area contributed by atoms with E-state index < -0.39 is 22.0 Å². The Bertz CT molecular complexity index is 612. The van der Waals surface area contributed by atoms with Crippen LogP contribution in [0.2, 0.25) is 10.0 Å². The number of carbonyl (C=O) groups excluding carboxylic acids is 1. The zero-order chi connectivity index (χ0) is 16.2. The first-order valence-electron chi connectivity index (χ1n) is 6.23. The molecule has 0 fully saturated rings. The first kappa shape index (κ1) is 18.0. The molecule has 0 saturated heterocycles. The highest BCUT2D eigenvalue weighted by molar-refractivity contribution is 7.89. The number of amides is 1. The van der Waals surface area contributed by atoms with E-state index in [2.05, 4.69) is 10.0 Å². The van der Waals surface area contributed by atoms with Crippen LogP contribution in [0.4, 0.5) is 5.69 Å². The Morgan fingerprint density at radius 2 is 2.00 bits per heavy atom. The van der Waals surface area contributed by atoms with Gasteiger partial charge >= 0.3 is 0 Å². The van der Waals surface area contributed by atoms with Crippen LogP contribution < -0.4 is 15.8 Å². The molecule has 0 aliphatic carbocycles. The second-order valence-corrected chi connectivity index (χ2v) is 6.93. The van der Waals surface area contributed by atoms with Crippen molar-refractivity contribution in [3.05, 3.63) is 22.2 Å². The summed E-state index contributed by atoms with van der Waals surface area (Å²) < 4.78 is 26.8. The Hall–Kier alpha value is -1.02. The minimum Gasteiger partial charge on any atom is -0.398 e. The second-order valence-electron chi connectivity index (χ2n) is 4.44. The SMILES string of the molecule is CCCNC(=O)C(C)NS(=O)(=O)c1c(N)cc(Cl)cc1Cl. The van der Waals surface area contributed by atoms with Crippen molar-refractivity contribution in [3.8, 4) is 0 Å². The number of nitrogens with one attached hydrogen (secondary N) is 2. The van der Waals surface area contributed by atoms with Crippen LogP contribution in [0, 0.1) is 0 Å². The summed E-state index contributed by atoms with van der Waals surface area (Å²) >= 11 is 11.6. The molecule has 6 nitrogen and oxygen atoms in total. The van der Waals surface area contributed by atoms with E-state index in [4.69, 9.17) is 28.9 Å². The lowest BCUT2D eigenvalue weighted by atomic mass is 10.3. The molecule has 0 aliphatic heterocycles.